The zero-order chi connectivity index (χ0) is 13.2. The predicted molar refractivity (Wildman–Crippen MR) is 65.5 cm³/mol. The molecule has 0 radical (unpaired) electrons. The summed E-state index contributed by atoms with van der Waals surface area (Å²) in [6, 6.07) is 1.90. The standard InChI is InChI=1S/C13H23F3N2/c1-10-8-11(9-18(10)12-4-5-12)17-7-3-2-6-13(14,15)16/h10-12,17H,2-9H2,1H3. The fourth-order valence-electron chi connectivity index (χ4n) is 2.88. The van der Waals surface area contributed by atoms with Gasteiger partial charge in [0, 0.05) is 31.1 Å². The third kappa shape index (κ3) is 4.43. The van der Waals surface area contributed by atoms with Gasteiger partial charge in [-0.25, -0.2) is 0 Å². The molecule has 1 saturated carbocycles. The lowest BCUT2D eigenvalue weighted by atomic mass is 10.2. The van der Waals surface area contributed by atoms with Gasteiger partial charge in [0.2, 0.25) is 0 Å². The molecule has 1 heterocycles. The molecule has 2 atom stereocenters. The molecule has 2 unspecified atom stereocenters. The molecule has 0 spiro atoms. The smallest absolute Gasteiger partial charge is 0.313 e. The summed E-state index contributed by atoms with van der Waals surface area (Å²) < 4.78 is 35.9. The van der Waals surface area contributed by atoms with Crippen molar-refractivity contribution in [2.24, 2.45) is 0 Å². The molecule has 106 valence electrons. The molecule has 1 saturated heterocycles. The molecular weight excluding hydrogens is 241 g/mol. The molecule has 2 nitrogen and oxygen atoms in total. The lowest BCUT2D eigenvalue weighted by Crippen LogP contribution is -2.34. The molecule has 0 bridgehead atoms. The first kappa shape index (κ1) is 14.1. The highest BCUT2D eigenvalue weighted by Crippen LogP contribution is 2.33. The first-order valence-electron chi connectivity index (χ1n) is 7.01. The van der Waals surface area contributed by atoms with Crippen LogP contribution in [-0.4, -0.2) is 42.3 Å². The molecule has 0 aromatic carbocycles. The minimum atomic E-state index is -4.00. The number of unbranched alkanes of at least 4 members (excludes halogenated alkanes) is 1. The highest BCUT2D eigenvalue weighted by molar-refractivity contribution is 4.95. The number of likely N-dealkylation sites (tertiary alicyclic amines) is 1. The summed E-state index contributed by atoms with van der Waals surface area (Å²) in [5.74, 6) is 0. The Morgan fingerprint density at radius 1 is 1.22 bits per heavy atom. The molecule has 2 rings (SSSR count). The van der Waals surface area contributed by atoms with Crippen LogP contribution in [0.5, 0.6) is 0 Å². The van der Waals surface area contributed by atoms with Crippen molar-refractivity contribution in [2.45, 2.75) is 69.8 Å². The molecule has 0 aromatic rings. The number of alkyl halides is 3. The molecule has 1 N–H and O–H groups in total. The van der Waals surface area contributed by atoms with E-state index < -0.39 is 12.6 Å². The lowest BCUT2D eigenvalue weighted by Gasteiger charge is -2.19. The predicted octanol–water partition coefficient (Wildman–Crippen LogP) is 2.93. The largest absolute Gasteiger partial charge is 0.389 e. The van der Waals surface area contributed by atoms with Crippen LogP contribution in [0.15, 0.2) is 0 Å². The van der Waals surface area contributed by atoms with Gasteiger partial charge in [-0.2, -0.15) is 13.2 Å². The maximum absolute atomic E-state index is 12.0. The van der Waals surface area contributed by atoms with E-state index in [1.807, 2.05) is 0 Å². The van der Waals surface area contributed by atoms with Crippen molar-refractivity contribution in [3.05, 3.63) is 0 Å². The van der Waals surface area contributed by atoms with E-state index >= 15 is 0 Å². The van der Waals surface area contributed by atoms with Crippen LogP contribution >= 0.6 is 0 Å². The van der Waals surface area contributed by atoms with Crippen LogP contribution in [0.3, 0.4) is 0 Å². The number of hydrogen-bond acceptors (Lipinski definition) is 2. The summed E-state index contributed by atoms with van der Waals surface area (Å²) >= 11 is 0. The van der Waals surface area contributed by atoms with Crippen LogP contribution in [0, 0.1) is 0 Å². The normalized spacial score (nSPS) is 30.0. The maximum atomic E-state index is 12.0. The van der Waals surface area contributed by atoms with Crippen LogP contribution < -0.4 is 5.32 Å². The number of nitrogens with zero attached hydrogens (tertiary/aromatic N) is 1. The average Bonchev–Trinajstić information content (AvgIpc) is 3.02. The minimum absolute atomic E-state index is 0.241. The van der Waals surface area contributed by atoms with Gasteiger partial charge in [0.1, 0.15) is 0 Å². The van der Waals surface area contributed by atoms with Gasteiger partial charge in [0.05, 0.1) is 0 Å². The van der Waals surface area contributed by atoms with Gasteiger partial charge >= 0.3 is 6.18 Å². The third-order valence-corrected chi connectivity index (χ3v) is 3.96. The van der Waals surface area contributed by atoms with E-state index in [2.05, 4.69) is 17.1 Å². The molecule has 5 heteroatoms. The zero-order valence-corrected chi connectivity index (χ0v) is 11.0. The van der Waals surface area contributed by atoms with Crippen LogP contribution in [0.4, 0.5) is 13.2 Å². The van der Waals surface area contributed by atoms with E-state index in [0.717, 1.165) is 19.0 Å². The molecule has 2 fully saturated rings. The van der Waals surface area contributed by atoms with Gasteiger partial charge in [0.15, 0.2) is 0 Å². The number of halogens is 3. The van der Waals surface area contributed by atoms with Crippen molar-refractivity contribution in [1.82, 2.24) is 10.2 Å². The van der Waals surface area contributed by atoms with E-state index in [4.69, 9.17) is 0 Å². The summed E-state index contributed by atoms with van der Waals surface area (Å²) in [7, 11) is 0. The van der Waals surface area contributed by atoms with E-state index in [1.165, 1.54) is 12.8 Å². The second-order valence-corrected chi connectivity index (χ2v) is 5.74. The van der Waals surface area contributed by atoms with Crippen LogP contribution in [0.2, 0.25) is 0 Å². The van der Waals surface area contributed by atoms with Gasteiger partial charge in [-0.15, -0.1) is 0 Å². The van der Waals surface area contributed by atoms with Crippen LogP contribution in [0.25, 0.3) is 0 Å². The molecular formula is C13H23F3N2. The van der Waals surface area contributed by atoms with E-state index in [1.54, 1.807) is 0 Å². The second kappa shape index (κ2) is 5.78. The van der Waals surface area contributed by atoms with E-state index in [-0.39, 0.29) is 6.42 Å². The topological polar surface area (TPSA) is 15.3 Å². The van der Waals surface area contributed by atoms with Gasteiger partial charge in [-0.1, -0.05) is 0 Å². The van der Waals surface area contributed by atoms with Crippen molar-refractivity contribution in [1.29, 1.82) is 0 Å². The van der Waals surface area contributed by atoms with E-state index in [9.17, 15) is 13.2 Å². The lowest BCUT2D eigenvalue weighted by molar-refractivity contribution is -0.135. The van der Waals surface area contributed by atoms with Gasteiger partial charge in [-0.05, 0) is 45.6 Å². The minimum Gasteiger partial charge on any atom is -0.313 e. The highest BCUT2D eigenvalue weighted by Gasteiger charge is 2.38. The van der Waals surface area contributed by atoms with Crippen molar-refractivity contribution in [3.63, 3.8) is 0 Å². The van der Waals surface area contributed by atoms with Crippen LogP contribution in [0.1, 0.15) is 45.4 Å². The van der Waals surface area contributed by atoms with Crippen molar-refractivity contribution in [3.8, 4) is 0 Å². The maximum Gasteiger partial charge on any atom is 0.389 e. The average molecular weight is 264 g/mol. The van der Waals surface area contributed by atoms with Gasteiger partial charge < -0.3 is 5.32 Å². The molecule has 2 aliphatic rings. The molecule has 0 aromatic heterocycles. The van der Waals surface area contributed by atoms with Gasteiger partial charge in [0.25, 0.3) is 0 Å². The van der Waals surface area contributed by atoms with Gasteiger partial charge in [-0.3, -0.25) is 4.90 Å². The fourth-order valence-corrected chi connectivity index (χ4v) is 2.88. The first-order chi connectivity index (χ1) is 8.46. The number of rotatable bonds is 6. The summed E-state index contributed by atoms with van der Waals surface area (Å²) in [5.41, 5.74) is 0. The summed E-state index contributed by atoms with van der Waals surface area (Å²) in [6.07, 6.45) is -0.00537. The second-order valence-electron chi connectivity index (χ2n) is 5.74. The number of hydrogen-bond donors (Lipinski definition) is 1. The Morgan fingerprint density at radius 2 is 1.94 bits per heavy atom. The SMILES string of the molecule is CC1CC(NCCCCC(F)(F)F)CN1C1CC1. The molecule has 1 aliphatic carbocycles. The van der Waals surface area contributed by atoms with Crippen molar-refractivity contribution in [2.75, 3.05) is 13.1 Å². The summed E-state index contributed by atoms with van der Waals surface area (Å²) in [5, 5.41) is 3.40. The summed E-state index contributed by atoms with van der Waals surface area (Å²) in [4.78, 5) is 2.55. The Morgan fingerprint density at radius 3 is 2.56 bits per heavy atom. The van der Waals surface area contributed by atoms with Crippen LogP contribution in [-0.2, 0) is 0 Å². The Labute approximate surface area is 107 Å². The Hall–Kier alpha value is -0.290. The molecule has 18 heavy (non-hydrogen) atoms. The Balaban J connectivity index is 1.55. The van der Waals surface area contributed by atoms with Crippen molar-refractivity contribution < 1.29 is 13.2 Å². The molecule has 0 amide bonds. The Kier molecular flexibility index (Phi) is 4.54. The highest BCUT2D eigenvalue weighted by atomic mass is 19.4. The monoisotopic (exact) mass is 264 g/mol. The number of nitrogens with one attached hydrogen (secondary N) is 1. The third-order valence-electron chi connectivity index (χ3n) is 3.96. The Bertz CT molecular complexity index is 263. The van der Waals surface area contributed by atoms with E-state index in [0.29, 0.717) is 25.0 Å². The summed E-state index contributed by atoms with van der Waals surface area (Å²) in [6.45, 7) is 4.04. The first-order valence-corrected chi connectivity index (χ1v) is 7.01. The quantitative estimate of drug-likeness (QED) is 0.742. The molecule has 1 aliphatic heterocycles. The zero-order valence-electron chi connectivity index (χ0n) is 11.0. The fraction of sp³-hybridized carbons (Fsp3) is 1.00. The van der Waals surface area contributed by atoms with Crippen molar-refractivity contribution >= 4 is 0 Å².